The first-order chi connectivity index (χ1) is 3.41. The Bertz CT molecular complexity index is 26.1. The number of rotatable bonds is 4. The van der Waals surface area contributed by atoms with E-state index in [0.29, 0.717) is 0 Å². The summed E-state index contributed by atoms with van der Waals surface area (Å²) in [6.07, 6.45) is 0. The zero-order valence-corrected chi connectivity index (χ0v) is 4.49. The van der Waals surface area contributed by atoms with E-state index in [1.54, 1.807) is 0 Å². The maximum atomic E-state index is 4.88. The summed E-state index contributed by atoms with van der Waals surface area (Å²) in [5.74, 6) is 4.88. The number of nitrogens with one attached hydrogen (secondary N) is 3. The molecule has 0 amide bonds. The molecule has 0 fully saturated rings. The van der Waals surface area contributed by atoms with Crippen LogP contribution in [0.3, 0.4) is 0 Å². The van der Waals surface area contributed by atoms with Crippen LogP contribution >= 0.6 is 0 Å². The Labute approximate surface area is 43.4 Å². The lowest BCUT2D eigenvalue weighted by atomic mass is 10.7. The maximum absolute atomic E-state index is 4.88. The normalized spacial score (nSPS) is 9.43. The van der Waals surface area contributed by atoms with Crippen LogP contribution in [-0.4, -0.2) is 20.1 Å². The van der Waals surface area contributed by atoms with Gasteiger partial charge in [-0.3, -0.25) is 5.84 Å². The summed E-state index contributed by atoms with van der Waals surface area (Å²) in [7, 11) is 1.89. The first kappa shape index (κ1) is 6.84. The predicted molar refractivity (Wildman–Crippen MR) is 29.3 cm³/mol. The van der Waals surface area contributed by atoms with E-state index in [2.05, 4.69) is 16.3 Å². The van der Waals surface area contributed by atoms with Gasteiger partial charge in [-0.25, -0.2) is 5.43 Å². The second-order valence-electron chi connectivity index (χ2n) is 1.17. The molecule has 0 rings (SSSR count). The summed E-state index contributed by atoms with van der Waals surface area (Å²) in [6, 6.07) is 0. The van der Waals surface area contributed by atoms with Gasteiger partial charge in [0.2, 0.25) is 0 Å². The highest BCUT2D eigenvalue weighted by molar-refractivity contribution is 4.38. The van der Waals surface area contributed by atoms with Gasteiger partial charge in [-0.2, -0.15) is 5.53 Å². The van der Waals surface area contributed by atoms with Crippen LogP contribution in [0.5, 0.6) is 0 Å². The quantitative estimate of drug-likeness (QED) is 0.192. The minimum absolute atomic E-state index is 0.840. The molecule has 0 spiro atoms. The van der Waals surface area contributed by atoms with E-state index in [0.717, 1.165) is 13.1 Å². The van der Waals surface area contributed by atoms with Gasteiger partial charge < -0.3 is 5.32 Å². The second-order valence-corrected chi connectivity index (χ2v) is 1.17. The average Bonchev–Trinajstić information content (AvgIpc) is 1.69. The molecule has 0 aromatic rings. The smallest absolute Gasteiger partial charge is 0.0238 e. The van der Waals surface area contributed by atoms with E-state index in [4.69, 9.17) is 5.84 Å². The third kappa shape index (κ3) is 5.84. The van der Waals surface area contributed by atoms with E-state index in [-0.39, 0.29) is 0 Å². The molecular formula is C3H12N4. The zero-order valence-electron chi connectivity index (χ0n) is 4.49. The van der Waals surface area contributed by atoms with Gasteiger partial charge in [-0.05, 0) is 7.05 Å². The Balaban J connectivity index is 2.45. The van der Waals surface area contributed by atoms with Gasteiger partial charge in [-0.1, -0.05) is 0 Å². The minimum Gasteiger partial charge on any atom is -0.318 e. The maximum Gasteiger partial charge on any atom is 0.0238 e. The Morgan fingerprint density at radius 1 is 1.43 bits per heavy atom. The lowest BCUT2D eigenvalue weighted by Crippen LogP contribution is -2.41. The largest absolute Gasteiger partial charge is 0.318 e. The van der Waals surface area contributed by atoms with Crippen molar-refractivity contribution < 1.29 is 0 Å². The van der Waals surface area contributed by atoms with E-state index in [1.165, 1.54) is 0 Å². The fourth-order valence-electron chi connectivity index (χ4n) is 0.260. The first-order valence-electron chi connectivity index (χ1n) is 2.25. The molecule has 0 aromatic carbocycles. The standard InChI is InChI=1S/C3H12N4/c1-5-2-3-6-7-4/h5-7H,2-4H2,1H3. The van der Waals surface area contributed by atoms with Crippen LogP contribution in [0.2, 0.25) is 0 Å². The third-order valence-corrected chi connectivity index (χ3v) is 0.602. The van der Waals surface area contributed by atoms with E-state index < -0.39 is 0 Å². The van der Waals surface area contributed by atoms with Gasteiger partial charge >= 0.3 is 0 Å². The van der Waals surface area contributed by atoms with Crippen LogP contribution in [0.4, 0.5) is 0 Å². The van der Waals surface area contributed by atoms with Crippen LogP contribution in [0.15, 0.2) is 0 Å². The van der Waals surface area contributed by atoms with E-state index in [1.807, 2.05) is 7.05 Å². The van der Waals surface area contributed by atoms with Gasteiger partial charge in [-0.15, -0.1) is 0 Å². The SMILES string of the molecule is CNCCNNN. The molecule has 7 heavy (non-hydrogen) atoms. The van der Waals surface area contributed by atoms with Crippen molar-refractivity contribution in [3.63, 3.8) is 0 Å². The molecule has 0 atom stereocenters. The van der Waals surface area contributed by atoms with Gasteiger partial charge in [0.15, 0.2) is 0 Å². The molecule has 0 heterocycles. The van der Waals surface area contributed by atoms with Crippen molar-refractivity contribution >= 4 is 0 Å². The van der Waals surface area contributed by atoms with Crippen molar-refractivity contribution in [2.75, 3.05) is 20.1 Å². The van der Waals surface area contributed by atoms with Crippen LogP contribution in [0.25, 0.3) is 0 Å². The molecular weight excluding hydrogens is 92.1 g/mol. The van der Waals surface area contributed by atoms with Crippen molar-refractivity contribution in [3.05, 3.63) is 0 Å². The number of likely N-dealkylation sites (N-methyl/N-ethyl adjacent to an activating group) is 1. The Morgan fingerprint density at radius 3 is 2.57 bits per heavy atom. The van der Waals surface area contributed by atoms with Crippen molar-refractivity contribution in [3.8, 4) is 0 Å². The summed E-state index contributed by atoms with van der Waals surface area (Å²) in [6.45, 7) is 1.76. The van der Waals surface area contributed by atoms with Crippen molar-refractivity contribution in [1.29, 1.82) is 0 Å². The monoisotopic (exact) mass is 104 g/mol. The number of hydrogen-bond acceptors (Lipinski definition) is 4. The van der Waals surface area contributed by atoms with Gasteiger partial charge in [0, 0.05) is 13.1 Å². The summed E-state index contributed by atoms with van der Waals surface area (Å²) < 4.78 is 0. The van der Waals surface area contributed by atoms with E-state index >= 15 is 0 Å². The zero-order chi connectivity index (χ0) is 5.54. The molecule has 4 heteroatoms. The number of hydrazine groups is 2. The summed E-state index contributed by atoms with van der Waals surface area (Å²) >= 11 is 0. The van der Waals surface area contributed by atoms with Crippen LogP contribution < -0.4 is 22.1 Å². The molecule has 0 bridgehead atoms. The lowest BCUT2D eigenvalue weighted by molar-refractivity contribution is 0.543. The highest BCUT2D eigenvalue weighted by Gasteiger charge is 1.74. The molecule has 4 nitrogen and oxygen atoms in total. The molecule has 0 saturated carbocycles. The fourth-order valence-corrected chi connectivity index (χ4v) is 0.260. The Hall–Kier alpha value is -0.160. The Morgan fingerprint density at radius 2 is 2.14 bits per heavy atom. The molecule has 0 aliphatic carbocycles. The topological polar surface area (TPSA) is 62.1 Å². The van der Waals surface area contributed by atoms with Gasteiger partial charge in [0.05, 0.1) is 0 Å². The van der Waals surface area contributed by atoms with E-state index in [9.17, 15) is 0 Å². The van der Waals surface area contributed by atoms with Gasteiger partial charge in [0.25, 0.3) is 0 Å². The Kier molecular flexibility index (Phi) is 5.71. The van der Waals surface area contributed by atoms with Crippen molar-refractivity contribution in [2.24, 2.45) is 5.84 Å². The molecule has 0 aromatic heterocycles. The van der Waals surface area contributed by atoms with Crippen LogP contribution in [0.1, 0.15) is 0 Å². The summed E-state index contributed by atoms with van der Waals surface area (Å²) in [5, 5.41) is 2.94. The predicted octanol–water partition coefficient (Wildman–Crippen LogP) is -1.83. The summed E-state index contributed by atoms with van der Waals surface area (Å²) in [4.78, 5) is 0. The molecule has 0 unspecified atom stereocenters. The molecule has 5 N–H and O–H groups in total. The molecule has 0 radical (unpaired) electrons. The average molecular weight is 104 g/mol. The van der Waals surface area contributed by atoms with Crippen molar-refractivity contribution in [1.82, 2.24) is 16.3 Å². The highest BCUT2D eigenvalue weighted by Crippen LogP contribution is 1.44. The molecule has 0 saturated heterocycles. The summed E-state index contributed by atoms with van der Waals surface area (Å²) in [5.41, 5.74) is 5.03. The van der Waals surface area contributed by atoms with Crippen molar-refractivity contribution in [2.45, 2.75) is 0 Å². The molecule has 0 aliphatic heterocycles. The third-order valence-electron chi connectivity index (χ3n) is 0.602. The minimum atomic E-state index is 0.840. The molecule has 44 valence electrons. The lowest BCUT2D eigenvalue weighted by Gasteiger charge is -1.98. The second kappa shape index (κ2) is 5.84. The van der Waals surface area contributed by atoms with Gasteiger partial charge in [0.1, 0.15) is 0 Å². The van der Waals surface area contributed by atoms with Crippen LogP contribution in [0, 0.1) is 0 Å². The first-order valence-corrected chi connectivity index (χ1v) is 2.25. The molecule has 0 aliphatic rings. The highest BCUT2D eigenvalue weighted by atomic mass is 15.5. The number of nitrogens with two attached hydrogens (primary N) is 1. The fraction of sp³-hybridized carbons (Fsp3) is 1.00. The van der Waals surface area contributed by atoms with Crippen LogP contribution in [-0.2, 0) is 0 Å². The number of hydrogen-bond donors (Lipinski definition) is 4.